The predicted molar refractivity (Wildman–Crippen MR) is 143 cm³/mol. The SMILES string of the molecule is N#CC1(F)CCN(C(=O)C(CCCN[C@@H]2C[C@H]2c2ccc(F)cc2)NC(=O)c2ccc(-n3ccnn3)cc2)CC1. The van der Waals surface area contributed by atoms with Gasteiger partial charge in [0.1, 0.15) is 17.9 Å². The summed E-state index contributed by atoms with van der Waals surface area (Å²) in [6, 6.07) is 14.6. The Hall–Kier alpha value is -4.17. The number of piperidine rings is 1. The molecule has 2 aliphatic rings. The van der Waals surface area contributed by atoms with E-state index in [4.69, 9.17) is 5.26 Å². The van der Waals surface area contributed by atoms with Crippen LogP contribution < -0.4 is 10.6 Å². The minimum atomic E-state index is -1.92. The fraction of sp³-hybridized carbons (Fsp3) is 0.414. The number of halogens is 2. The Balaban J connectivity index is 1.18. The van der Waals surface area contributed by atoms with Crippen molar-refractivity contribution in [1.29, 1.82) is 5.26 Å². The fourth-order valence-corrected chi connectivity index (χ4v) is 5.12. The van der Waals surface area contributed by atoms with Gasteiger partial charge in [0.2, 0.25) is 5.91 Å². The van der Waals surface area contributed by atoms with E-state index in [9.17, 15) is 18.4 Å². The number of aromatic nitrogens is 3. The van der Waals surface area contributed by atoms with Crippen LogP contribution in [0.25, 0.3) is 5.69 Å². The monoisotopic (exact) mass is 547 g/mol. The minimum absolute atomic E-state index is 0.0480. The van der Waals surface area contributed by atoms with Crippen LogP contribution in [0.15, 0.2) is 60.9 Å². The van der Waals surface area contributed by atoms with E-state index in [0.717, 1.165) is 17.7 Å². The van der Waals surface area contributed by atoms with Crippen LogP contribution >= 0.6 is 0 Å². The molecule has 1 saturated heterocycles. The molecule has 2 fully saturated rings. The fourth-order valence-electron chi connectivity index (χ4n) is 5.12. The number of nitriles is 1. The Bertz CT molecular complexity index is 1350. The van der Waals surface area contributed by atoms with Gasteiger partial charge in [-0.2, -0.15) is 5.26 Å². The molecule has 3 atom stereocenters. The molecule has 0 spiro atoms. The lowest BCUT2D eigenvalue weighted by Gasteiger charge is -2.34. The van der Waals surface area contributed by atoms with Gasteiger partial charge in [-0.05, 0) is 67.8 Å². The first kappa shape index (κ1) is 27.4. The summed E-state index contributed by atoms with van der Waals surface area (Å²) < 4.78 is 29.2. The van der Waals surface area contributed by atoms with Crippen molar-refractivity contribution in [2.45, 2.75) is 55.8 Å². The molecular formula is C29H31F2N7O2. The summed E-state index contributed by atoms with van der Waals surface area (Å²) in [5.41, 5.74) is 0.315. The Morgan fingerprint density at radius 1 is 1.12 bits per heavy atom. The predicted octanol–water partition coefficient (Wildman–Crippen LogP) is 3.28. The smallest absolute Gasteiger partial charge is 0.251 e. The summed E-state index contributed by atoms with van der Waals surface area (Å²) in [7, 11) is 0. The number of hydrogen-bond acceptors (Lipinski definition) is 6. The highest BCUT2D eigenvalue weighted by atomic mass is 19.1. The standard InChI is InChI=1S/C29H31F2N7O2/c30-22-7-3-20(4-8-22)24-18-26(24)33-13-1-2-25(28(40)37-15-11-29(31,19-32)12-16-37)35-27(39)21-5-9-23(10-6-21)38-17-14-34-36-38/h3-10,14,17,24-26,33H,1-2,11-13,15-16,18H2,(H,35,39)/t24-,25?,26+/m0/s1. The summed E-state index contributed by atoms with van der Waals surface area (Å²) in [4.78, 5) is 28.1. The van der Waals surface area contributed by atoms with E-state index in [1.807, 2.05) is 0 Å². The van der Waals surface area contributed by atoms with Gasteiger partial charge in [-0.1, -0.05) is 17.3 Å². The molecule has 0 radical (unpaired) electrons. The lowest BCUT2D eigenvalue weighted by Crippen LogP contribution is -2.52. The van der Waals surface area contributed by atoms with E-state index >= 15 is 0 Å². The van der Waals surface area contributed by atoms with Crippen molar-refractivity contribution in [3.05, 3.63) is 77.9 Å². The van der Waals surface area contributed by atoms with E-state index in [0.29, 0.717) is 36.9 Å². The highest BCUT2D eigenvalue weighted by Crippen LogP contribution is 2.40. The zero-order valence-electron chi connectivity index (χ0n) is 22.0. The lowest BCUT2D eigenvalue weighted by atomic mass is 9.94. The van der Waals surface area contributed by atoms with E-state index in [-0.39, 0.29) is 43.6 Å². The number of likely N-dealkylation sites (tertiary alicyclic amines) is 1. The molecule has 3 aromatic rings. The third kappa shape index (κ3) is 6.51. The number of hydrogen-bond donors (Lipinski definition) is 2. The average molecular weight is 548 g/mol. The second kappa shape index (κ2) is 11.9. The molecule has 40 heavy (non-hydrogen) atoms. The molecular weight excluding hydrogens is 516 g/mol. The molecule has 1 aliphatic heterocycles. The van der Waals surface area contributed by atoms with Crippen molar-refractivity contribution in [2.24, 2.45) is 0 Å². The van der Waals surface area contributed by atoms with Crippen LogP contribution in [0.4, 0.5) is 8.78 Å². The van der Waals surface area contributed by atoms with Gasteiger partial charge < -0.3 is 15.5 Å². The summed E-state index contributed by atoms with van der Waals surface area (Å²) >= 11 is 0. The third-order valence-electron chi connectivity index (χ3n) is 7.65. The van der Waals surface area contributed by atoms with Gasteiger partial charge in [0, 0.05) is 43.5 Å². The number of benzene rings is 2. The zero-order chi connectivity index (χ0) is 28.1. The van der Waals surface area contributed by atoms with Crippen molar-refractivity contribution >= 4 is 11.8 Å². The van der Waals surface area contributed by atoms with Crippen molar-refractivity contribution in [1.82, 2.24) is 30.5 Å². The molecule has 208 valence electrons. The molecule has 0 bridgehead atoms. The summed E-state index contributed by atoms with van der Waals surface area (Å²) in [5, 5.41) is 23.2. The van der Waals surface area contributed by atoms with Crippen molar-refractivity contribution in [3.63, 3.8) is 0 Å². The molecule has 9 nitrogen and oxygen atoms in total. The van der Waals surface area contributed by atoms with Gasteiger partial charge in [0.25, 0.3) is 5.91 Å². The van der Waals surface area contributed by atoms with Gasteiger partial charge in [0.05, 0.1) is 18.1 Å². The lowest BCUT2D eigenvalue weighted by molar-refractivity contribution is -0.135. The normalized spacial score (nSPS) is 20.4. The maximum atomic E-state index is 14.4. The second-order valence-electron chi connectivity index (χ2n) is 10.4. The topological polar surface area (TPSA) is 116 Å². The van der Waals surface area contributed by atoms with Crippen LogP contribution in [-0.4, -0.2) is 69.1 Å². The Labute approximate surface area is 231 Å². The van der Waals surface area contributed by atoms with Crippen LogP contribution in [0.1, 0.15) is 53.9 Å². The first-order chi connectivity index (χ1) is 19.3. The highest BCUT2D eigenvalue weighted by Gasteiger charge is 2.39. The van der Waals surface area contributed by atoms with Gasteiger partial charge in [-0.15, -0.1) is 5.10 Å². The van der Waals surface area contributed by atoms with Crippen LogP contribution in [0.2, 0.25) is 0 Å². The van der Waals surface area contributed by atoms with Crippen molar-refractivity contribution in [3.8, 4) is 11.8 Å². The quantitative estimate of drug-likeness (QED) is 0.377. The number of carbonyl (C=O) groups is 2. The maximum absolute atomic E-state index is 14.4. The summed E-state index contributed by atoms with van der Waals surface area (Å²) in [6.07, 6.45) is 5.15. The van der Waals surface area contributed by atoms with Gasteiger partial charge in [0.15, 0.2) is 5.67 Å². The number of rotatable bonds is 10. The number of amides is 2. The van der Waals surface area contributed by atoms with E-state index < -0.39 is 11.7 Å². The largest absolute Gasteiger partial charge is 0.341 e. The Kier molecular flexibility index (Phi) is 8.16. The number of nitrogens with one attached hydrogen (secondary N) is 2. The number of nitrogens with zero attached hydrogens (tertiary/aromatic N) is 5. The maximum Gasteiger partial charge on any atom is 0.251 e. The van der Waals surface area contributed by atoms with Crippen LogP contribution in [0.3, 0.4) is 0 Å². The molecule has 2 N–H and O–H groups in total. The molecule has 1 aliphatic carbocycles. The van der Waals surface area contributed by atoms with Crippen LogP contribution in [0.5, 0.6) is 0 Å². The number of alkyl halides is 1. The third-order valence-corrected chi connectivity index (χ3v) is 7.65. The minimum Gasteiger partial charge on any atom is -0.341 e. The van der Waals surface area contributed by atoms with Crippen LogP contribution in [0, 0.1) is 17.1 Å². The molecule has 1 saturated carbocycles. The number of carbonyl (C=O) groups excluding carboxylic acids is 2. The molecule has 1 aromatic heterocycles. The molecule has 2 aromatic carbocycles. The Morgan fingerprint density at radius 3 is 2.50 bits per heavy atom. The van der Waals surface area contributed by atoms with Gasteiger partial charge in [-0.3, -0.25) is 9.59 Å². The highest BCUT2D eigenvalue weighted by molar-refractivity contribution is 5.97. The van der Waals surface area contributed by atoms with Crippen molar-refractivity contribution < 1.29 is 18.4 Å². The summed E-state index contributed by atoms with van der Waals surface area (Å²) in [5.74, 6) is -0.573. The molecule has 5 rings (SSSR count). The molecule has 11 heteroatoms. The first-order valence-corrected chi connectivity index (χ1v) is 13.5. The zero-order valence-corrected chi connectivity index (χ0v) is 22.0. The van der Waals surface area contributed by atoms with E-state index in [1.165, 1.54) is 17.0 Å². The van der Waals surface area contributed by atoms with Crippen LogP contribution in [-0.2, 0) is 4.79 Å². The molecule has 2 heterocycles. The molecule has 2 amide bonds. The average Bonchev–Trinajstić information content (AvgIpc) is 3.53. The first-order valence-electron chi connectivity index (χ1n) is 13.5. The van der Waals surface area contributed by atoms with E-state index in [1.54, 1.807) is 59.5 Å². The second-order valence-corrected chi connectivity index (χ2v) is 10.4. The van der Waals surface area contributed by atoms with Crippen molar-refractivity contribution in [2.75, 3.05) is 19.6 Å². The van der Waals surface area contributed by atoms with Gasteiger partial charge >= 0.3 is 0 Å². The molecule has 1 unspecified atom stereocenters. The Morgan fingerprint density at radius 2 is 1.85 bits per heavy atom. The summed E-state index contributed by atoms with van der Waals surface area (Å²) in [6.45, 7) is 0.902. The van der Waals surface area contributed by atoms with Gasteiger partial charge in [-0.25, -0.2) is 13.5 Å². The van der Waals surface area contributed by atoms with E-state index in [2.05, 4.69) is 20.9 Å².